The molecule has 0 aliphatic heterocycles. The Balaban J connectivity index is 1.80. The number of hydrogen-bond donors (Lipinski definition) is 0. The van der Waals surface area contributed by atoms with Crippen molar-refractivity contribution >= 4 is 11.8 Å². The Morgan fingerprint density at radius 2 is 1.78 bits per heavy atom. The summed E-state index contributed by atoms with van der Waals surface area (Å²) in [4.78, 5) is 24.4. The third-order valence-electron chi connectivity index (χ3n) is 5.20. The van der Waals surface area contributed by atoms with E-state index in [1.54, 1.807) is 0 Å². The fraction of sp³-hybridized carbons (Fsp3) is 0.500. The van der Waals surface area contributed by atoms with Crippen LogP contribution >= 0.6 is 0 Å². The lowest BCUT2D eigenvalue weighted by molar-refractivity contribution is -0.152. The van der Waals surface area contributed by atoms with Crippen LogP contribution in [0.25, 0.3) is 0 Å². The third-order valence-corrected chi connectivity index (χ3v) is 5.20. The van der Waals surface area contributed by atoms with E-state index in [-0.39, 0.29) is 23.8 Å². The SMILES string of the molecule is Cc1ccc(CCC(=O)OCC(=O)C2(C)CC=CC2(C)C)cc1. The minimum absolute atomic E-state index is 0.00353. The monoisotopic (exact) mass is 314 g/mol. The van der Waals surface area contributed by atoms with Crippen LogP contribution in [0.1, 0.15) is 44.7 Å². The number of hydrogen-bond acceptors (Lipinski definition) is 3. The lowest BCUT2D eigenvalue weighted by Gasteiger charge is -2.36. The summed E-state index contributed by atoms with van der Waals surface area (Å²) in [6, 6.07) is 8.09. The highest BCUT2D eigenvalue weighted by Gasteiger charge is 2.47. The van der Waals surface area contributed by atoms with Crippen LogP contribution in [0.5, 0.6) is 0 Å². The topological polar surface area (TPSA) is 43.4 Å². The molecule has 0 radical (unpaired) electrons. The molecular formula is C20H26O3. The van der Waals surface area contributed by atoms with Crippen LogP contribution in [-0.4, -0.2) is 18.4 Å². The summed E-state index contributed by atoms with van der Waals surface area (Å²) >= 11 is 0. The van der Waals surface area contributed by atoms with E-state index in [9.17, 15) is 9.59 Å². The van der Waals surface area contributed by atoms with Gasteiger partial charge in [-0.05, 0) is 30.7 Å². The molecule has 0 N–H and O–H groups in total. The number of ether oxygens (including phenoxy) is 1. The second-order valence-corrected chi connectivity index (χ2v) is 7.23. The highest BCUT2D eigenvalue weighted by Crippen LogP contribution is 2.48. The average molecular weight is 314 g/mol. The molecule has 2 rings (SSSR count). The van der Waals surface area contributed by atoms with Crippen LogP contribution in [0.15, 0.2) is 36.4 Å². The van der Waals surface area contributed by atoms with Crippen molar-refractivity contribution in [2.75, 3.05) is 6.61 Å². The van der Waals surface area contributed by atoms with Gasteiger partial charge in [-0.25, -0.2) is 0 Å². The van der Waals surface area contributed by atoms with Gasteiger partial charge >= 0.3 is 5.97 Å². The van der Waals surface area contributed by atoms with E-state index in [0.717, 1.165) is 5.56 Å². The van der Waals surface area contributed by atoms with Crippen molar-refractivity contribution in [3.05, 3.63) is 47.5 Å². The molecule has 0 fully saturated rings. The number of allylic oxidation sites excluding steroid dienone is 2. The van der Waals surface area contributed by atoms with Gasteiger partial charge in [0.15, 0.2) is 12.4 Å². The summed E-state index contributed by atoms with van der Waals surface area (Å²) in [5, 5.41) is 0. The van der Waals surface area contributed by atoms with Crippen molar-refractivity contribution < 1.29 is 14.3 Å². The molecule has 0 saturated heterocycles. The number of esters is 1. The Kier molecular flexibility index (Phi) is 5.08. The second kappa shape index (κ2) is 6.69. The molecule has 1 aliphatic carbocycles. The molecule has 0 heterocycles. The first-order valence-corrected chi connectivity index (χ1v) is 8.17. The number of aryl methyl sites for hydroxylation is 2. The number of rotatable bonds is 6. The highest BCUT2D eigenvalue weighted by atomic mass is 16.5. The highest BCUT2D eigenvalue weighted by molar-refractivity contribution is 5.89. The van der Waals surface area contributed by atoms with Crippen LogP contribution < -0.4 is 0 Å². The summed E-state index contributed by atoms with van der Waals surface area (Å²) < 4.78 is 5.20. The number of benzene rings is 1. The van der Waals surface area contributed by atoms with Crippen molar-refractivity contribution in [1.29, 1.82) is 0 Å². The van der Waals surface area contributed by atoms with Crippen LogP contribution in [-0.2, 0) is 20.7 Å². The summed E-state index contributed by atoms with van der Waals surface area (Å²) in [5.41, 5.74) is 1.62. The minimum Gasteiger partial charge on any atom is -0.458 e. The molecule has 3 nitrogen and oxygen atoms in total. The maximum Gasteiger partial charge on any atom is 0.306 e. The van der Waals surface area contributed by atoms with Crippen LogP contribution in [0.4, 0.5) is 0 Å². The molecule has 0 aromatic heterocycles. The van der Waals surface area contributed by atoms with Gasteiger partial charge in [-0.1, -0.05) is 62.8 Å². The van der Waals surface area contributed by atoms with Gasteiger partial charge in [-0.3, -0.25) is 9.59 Å². The van der Waals surface area contributed by atoms with Gasteiger partial charge in [-0.15, -0.1) is 0 Å². The maximum atomic E-state index is 12.5. The molecule has 1 aliphatic rings. The van der Waals surface area contributed by atoms with Crippen molar-refractivity contribution in [1.82, 2.24) is 0 Å². The Labute approximate surface area is 138 Å². The predicted octanol–water partition coefficient (Wildman–Crippen LogP) is 4.03. The smallest absolute Gasteiger partial charge is 0.306 e. The van der Waals surface area contributed by atoms with Gasteiger partial charge in [0.2, 0.25) is 0 Å². The Morgan fingerprint density at radius 1 is 1.13 bits per heavy atom. The molecular weight excluding hydrogens is 288 g/mol. The lowest BCUT2D eigenvalue weighted by atomic mass is 9.66. The number of carbonyl (C=O) groups excluding carboxylic acids is 2. The fourth-order valence-electron chi connectivity index (χ4n) is 2.89. The minimum atomic E-state index is -0.482. The van der Waals surface area contributed by atoms with Crippen LogP contribution in [0.3, 0.4) is 0 Å². The van der Waals surface area contributed by atoms with Crippen molar-refractivity contribution in [2.24, 2.45) is 10.8 Å². The zero-order chi connectivity index (χ0) is 17.1. The standard InChI is InChI=1S/C20H26O3/c1-15-6-8-16(9-7-15)10-11-18(22)23-14-17(21)20(4)13-5-12-19(20,2)3/h5-9,12H,10-11,13-14H2,1-4H3. The third kappa shape index (κ3) is 3.90. The molecule has 0 spiro atoms. The first-order valence-electron chi connectivity index (χ1n) is 8.17. The van der Waals surface area contributed by atoms with Gasteiger partial charge in [0.05, 0.1) is 0 Å². The first-order chi connectivity index (χ1) is 10.7. The van der Waals surface area contributed by atoms with Crippen LogP contribution in [0, 0.1) is 17.8 Å². The number of carbonyl (C=O) groups is 2. The molecule has 0 bridgehead atoms. The Bertz CT molecular complexity index is 610. The van der Waals surface area contributed by atoms with E-state index in [2.05, 4.69) is 6.08 Å². The average Bonchev–Trinajstić information content (AvgIpc) is 2.78. The number of Topliss-reactive ketones (excluding diaryl/α,β-unsaturated/α-hetero) is 1. The Morgan fingerprint density at radius 3 is 2.35 bits per heavy atom. The summed E-state index contributed by atoms with van der Waals surface area (Å²) in [6.45, 7) is 7.95. The fourth-order valence-corrected chi connectivity index (χ4v) is 2.89. The first kappa shape index (κ1) is 17.5. The zero-order valence-electron chi connectivity index (χ0n) is 14.5. The van der Waals surface area contributed by atoms with Gasteiger partial charge in [0, 0.05) is 11.8 Å². The molecule has 1 aromatic rings. The molecule has 0 amide bonds. The Hall–Kier alpha value is -1.90. The zero-order valence-corrected chi connectivity index (χ0v) is 14.5. The summed E-state index contributed by atoms with van der Waals surface area (Å²) in [7, 11) is 0. The van der Waals surface area contributed by atoms with E-state index in [1.165, 1.54) is 5.56 Å². The molecule has 1 unspecified atom stereocenters. The molecule has 1 aromatic carbocycles. The van der Waals surface area contributed by atoms with E-state index in [1.807, 2.05) is 58.0 Å². The van der Waals surface area contributed by atoms with E-state index in [4.69, 9.17) is 4.74 Å². The molecule has 124 valence electrons. The lowest BCUT2D eigenvalue weighted by Crippen LogP contribution is -2.40. The summed E-state index contributed by atoms with van der Waals surface area (Å²) in [5.74, 6) is -0.317. The van der Waals surface area contributed by atoms with Gasteiger partial charge in [0.1, 0.15) is 0 Å². The molecule has 1 atom stereocenters. The molecule has 0 saturated carbocycles. The van der Waals surface area contributed by atoms with Crippen molar-refractivity contribution in [3.8, 4) is 0 Å². The number of ketones is 1. The second-order valence-electron chi connectivity index (χ2n) is 7.23. The van der Waals surface area contributed by atoms with Crippen LogP contribution in [0.2, 0.25) is 0 Å². The van der Waals surface area contributed by atoms with Gasteiger partial charge < -0.3 is 4.74 Å². The van der Waals surface area contributed by atoms with Crippen molar-refractivity contribution in [2.45, 2.75) is 47.0 Å². The van der Waals surface area contributed by atoms with E-state index >= 15 is 0 Å². The molecule has 3 heteroatoms. The van der Waals surface area contributed by atoms with Gasteiger partial charge in [0.25, 0.3) is 0 Å². The van der Waals surface area contributed by atoms with Crippen molar-refractivity contribution in [3.63, 3.8) is 0 Å². The summed E-state index contributed by atoms with van der Waals surface area (Å²) in [6.07, 6.45) is 5.76. The largest absolute Gasteiger partial charge is 0.458 e. The maximum absolute atomic E-state index is 12.5. The van der Waals surface area contributed by atoms with Gasteiger partial charge in [-0.2, -0.15) is 0 Å². The van der Waals surface area contributed by atoms with E-state index < -0.39 is 5.41 Å². The van der Waals surface area contributed by atoms with E-state index in [0.29, 0.717) is 19.3 Å². The quantitative estimate of drug-likeness (QED) is 0.588. The molecule has 23 heavy (non-hydrogen) atoms. The normalized spacial score (nSPS) is 22.1. The predicted molar refractivity (Wildman–Crippen MR) is 91.1 cm³/mol.